The summed E-state index contributed by atoms with van der Waals surface area (Å²) in [6.45, 7) is 25.6. The van der Waals surface area contributed by atoms with Crippen LogP contribution in [0.4, 0.5) is 35.8 Å². The lowest BCUT2D eigenvalue weighted by molar-refractivity contribution is -0.0262. The molecule has 7 N–H and O–H groups in total. The fraction of sp³-hybridized carbons (Fsp3) is 0.487. The molecule has 3 amide bonds. The Morgan fingerprint density at radius 1 is 0.575 bits per heavy atom. The van der Waals surface area contributed by atoms with Crippen LogP contribution in [0.3, 0.4) is 0 Å². The first-order valence-corrected chi connectivity index (χ1v) is 38.1. The Labute approximate surface area is 656 Å². The summed E-state index contributed by atoms with van der Waals surface area (Å²) < 4.78 is 66.0. The summed E-state index contributed by atoms with van der Waals surface area (Å²) >= 11 is 0. The van der Waals surface area contributed by atoms with E-state index in [4.69, 9.17) is 62.4 Å². The summed E-state index contributed by atoms with van der Waals surface area (Å²) in [6, 6.07) is 26.5. The summed E-state index contributed by atoms with van der Waals surface area (Å²) in [5.41, 5.74) is 10.2. The largest absolute Gasteiger partial charge is 0.491 e. The Bertz CT molecular complexity index is 4630. The van der Waals surface area contributed by atoms with Gasteiger partial charge in [0.25, 0.3) is 5.92 Å². The Kier molecular flexibility index (Phi) is 27.9. The normalized spacial score (nSPS) is 17.1. The number of piperazine rings is 3. The van der Waals surface area contributed by atoms with Crippen LogP contribution in [0.1, 0.15) is 67.1 Å². The number of ether oxygens (including phenoxy) is 4. The number of nitrogens with one attached hydrogen (secondary N) is 4. The number of halogens is 2. The van der Waals surface area contributed by atoms with Crippen LogP contribution in [0.2, 0.25) is 0 Å². The fourth-order valence-corrected chi connectivity index (χ4v) is 14.5. The zero-order valence-corrected chi connectivity index (χ0v) is 66.8. The van der Waals surface area contributed by atoms with Gasteiger partial charge in [-0.2, -0.15) is 0 Å². The number of alkyl halides is 2. The molecule has 33 heteroatoms. The van der Waals surface area contributed by atoms with Crippen molar-refractivity contribution in [3.63, 3.8) is 0 Å². The van der Waals surface area contributed by atoms with Gasteiger partial charge in [-0.05, 0) is 126 Å². The van der Waals surface area contributed by atoms with E-state index in [1.165, 1.54) is 7.11 Å². The topological polar surface area (TPSA) is 355 Å². The Morgan fingerprint density at radius 3 is 1.46 bits per heavy atom. The van der Waals surface area contributed by atoms with Crippen LogP contribution in [-0.2, 0) is 4.74 Å². The molecule has 113 heavy (non-hydrogen) atoms. The van der Waals surface area contributed by atoms with Gasteiger partial charge in [0.15, 0.2) is 17.5 Å². The zero-order chi connectivity index (χ0) is 80.8. The smallest absolute Gasteiger partial charge is 0.409 e. The third-order valence-electron chi connectivity index (χ3n) is 20.0. The molecule has 0 radical (unpaired) electrons. The lowest BCUT2D eigenvalue weighted by atomic mass is 10.0. The molecule has 0 aliphatic carbocycles. The van der Waals surface area contributed by atoms with Crippen molar-refractivity contribution in [2.75, 3.05) is 154 Å². The van der Waals surface area contributed by atoms with Crippen molar-refractivity contribution in [1.82, 2.24) is 81.3 Å². The average molecular weight is 1560 g/mol. The number of amides is 3. The van der Waals surface area contributed by atoms with E-state index in [2.05, 4.69) is 51.4 Å². The second-order valence-corrected chi connectivity index (χ2v) is 28.9. The SMILES string of the molecule is CCNC(=O)N1CCN(c2nc(-c3cccc(OCC(O)CNC)c3)nc(-c3c(C)noc3C)c2C)CC1.CNCC(O)COc1cccc(-c2nc(-c3c(C)noc3C)cc(N3CCN(CC(C)(F)F)[C@@H](C)C3)n2)c1.CNCC(O)COc1cccc(-c2nc(-c3c(C)noc3C)cc(N3C[C@@H]4C[C@H]3CN4C(=O)OC)n2)c1. The number of urea groups is 1. The van der Waals surface area contributed by atoms with Gasteiger partial charge in [-0.25, -0.2) is 48.3 Å². The van der Waals surface area contributed by atoms with Crippen LogP contribution in [0.5, 0.6) is 17.2 Å². The van der Waals surface area contributed by atoms with E-state index in [0.29, 0.717) is 149 Å². The van der Waals surface area contributed by atoms with Crippen LogP contribution in [-0.4, -0.2) is 270 Å². The first kappa shape index (κ1) is 83.4. The molecule has 4 aliphatic heterocycles. The van der Waals surface area contributed by atoms with E-state index in [1.54, 1.807) is 26.0 Å². The molecule has 13 rings (SSSR count). The maximum absolute atomic E-state index is 13.7. The molecule has 10 heterocycles. The average Bonchev–Trinajstić information content (AvgIpc) is 1.65. The predicted octanol–water partition coefficient (Wildman–Crippen LogP) is 8.48. The molecule has 606 valence electrons. The monoisotopic (exact) mass is 1560 g/mol. The van der Waals surface area contributed by atoms with E-state index in [9.17, 15) is 33.7 Å². The first-order valence-electron chi connectivity index (χ1n) is 38.1. The minimum Gasteiger partial charge on any atom is -0.491 e. The number of likely N-dealkylation sites (tertiary alicyclic amines) is 1. The summed E-state index contributed by atoms with van der Waals surface area (Å²) in [5.74, 6) is 5.01. The molecule has 4 saturated heterocycles. The summed E-state index contributed by atoms with van der Waals surface area (Å²) in [5, 5.41) is 54.0. The number of carbonyl (C=O) groups excluding carboxylic acids is 2. The molecular formula is C80H105F2N19O12. The number of aliphatic hydroxyl groups excluding tert-OH is 3. The second kappa shape index (κ2) is 37.9. The van der Waals surface area contributed by atoms with Gasteiger partial charge in [0, 0.05) is 132 Å². The van der Waals surface area contributed by atoms with Gasteiger partial charge in [-0.15, -0.1) is 0 Å². The highest BCUT2D eigenvalue weighted by atomic mass is 19.3. The van der Waals surface area contributed by atoms with Crippen molar-refractivity contribution in [3.8, 4) is 85.2 Å². The van der Waals surface area contributed by atoms with Gasteiger partial charge in [-0.1, -0.05) is 51.9 Å². The number of likely N-dealkylation sites (N-methyl/N-ethyl adjacent to an activating group) is 3. The minimum absolute atomic E-state index is 0.0414. The van der Waals surface area contributed by atoms with Crippen molar-refractivity contribution in [3.05, 3.63) is 125 Å². The minimum atomic E-state index is -2.74. The van der Waals surface area contributed by atoms with Gasteiger partial charge in [0.05, 0.1) is 76.6 Å². The number of fused-ring (bicyclic) bond motifs is 2. The number of aromatic nitrogens is 9. The Hall–Kier alpha value is -10.6. The summed E-state index contributed by atoms with van der Waals surface area (Å²) in [4.78, 5) is 66.0. The van der Waals surface area contributed by atoms with E-state index in [-0.39, 0.29) is 56.6 Å². The van der Waals surface area contributed by atoms with Crippen LogP contribution in [0.15, 0.2) is 98.5 Å². The Morgan fingerprint density at radius 2 is 1.04 bits per heavy atom. The molecule has 0 saturated carbocycles. The number of rotatable bonds is 27. The number of hydrogen-bond acceptors (Lipinski definition) is 28. The third-order valence-corrected chi connectivity index (χ3v) is 20.0. The Balaban J connectivity index is 0.000000167. The van der Waals surface area contributed by atoms with Gasteiger partial charge in [0.1, 0.15) is 90.1 Å². The molecule has 31 nitrogen and oxygen atoms in total. The van der Waals surface area contributed by atoms with Crippen molar-refractivity contribution >= 4 is 29.6 Å². The molecule has 3 unspecified atom stereocenters. The number of anilines is 3. The summed E-state index contributed by atoms with van der Waals surface area (Å²) in [6.07, 6.45) is -1.29. The highest BCUT2D eigenvalue weighted by Gasteiger charge is 2.47. The number of aryl methyl sites for hydroxylation is 6. The maximum atomic E-state index is 13.7. The van der Waals surface area contributed by atoms with Crippen LogP contribution >= 0.6 is 0 Å². The number of benzene rings is 3. The fourth-order valence-electron chi connectivity index (χ4n) is 14.5. The van der Waals surface area contributed by atoms with E-state index in [0.717, 1.165) is 92.4 Å². The number of hydrogen-bond donors (Lipinski definition) is 7. The molecule has 6 aromatic heterocycles. The molecule has 9 aromatic rings. The lowest BCUT2D eigenvalue weighted by Crippen LogP contribution is -2.54. The van der Waals surface area contributed by atoms with E-state index < -0.39 is 24.2 Å². The molecule has 3 aromatic carbocycles. The lowest BCUT2D eigenvalue weighted by Gasteiger charge is -2.41. The van der Waals surface area contributed by atoms with Crippen LogP contribution < -0.4 is 50.2 Å². The van der Waals surface area contributed by atoms with Crippen molar-refractivity contribution < 1.29 is 66.2 Å². The number of nitrogens with zero attached hydrogens (tertiary/aromatic N) is 15. The quantitative estimate of drug-likeness (QED) is 0.0254. The third kappa shape index (κ3) is 20.8. The van der Waals surface area contributed by atoms with E-state index >= 15 is 0 Å². The van der Waals surface area contributed by atoms with Gasteiger partial charge in [-0.3, -0.25) is 4.90 Å². The zero-order valence-electron chi connectivity index (χ0n) is 66.8. The van der Waals surface area contributed by atoms with E-state index in [1.807, 2.05) is 157 Å². The molecule has 4 aliphatic rings. The van der Waals surface area contributed by atoms with Crippen molar-refractivity contribution in [1.29, 1.82) is 0 Å². The molecule has 4 fully saturated rings. The molecule has 6 atom stereocenters. The predicted molar refractivity (Wildman–Crippen MR) is 424 cm³/mol. The first-order chi connectivity index (χ1) is 54.2. The van der Waals surface area contributed by atoms with Gasteiger partial charge in [0.2, 0.25) is 0 Å². The molecule has 0 spiro atoms. The summed E-state index contributed by atoms with van der Waals surface area (Å²) in [7, 11) is 6.75. The molecular weight excluding hydrogens is 1460 g/mol. The second-order valence-electron chi connectivity index (χ2n) is 28.9. The highest BCUT2D eigenvalue weighted by molar-refractivity contribution is 5.78. The van der Waals surface area contributed by atoms with Crippen molar-refractivity contribution in [2.24, 2.45) is 0 Å². The number of carbonyl (C=O) groups is 2. The van der Waals surface area contributed by atoms with Crippen LogP contribution in [0, 0.1) is 48.5 Å². The van der Waals surface area contributed by atoms with Gasteiger partial charge < -0.3 is 93.6 Å². The van der Waals surface area contributed by atoms with Crippen LogP contribution in [0.25, 0.3) is 67.9 Å². The van der Waals surface area contributed by atoms with Gasteiger partial charge >= 0.3 is 12.1 Å². The van der Waals surface area contributed by atoms with Crippen molar-refractivity contribution in [2.45, 2.75) is 118 Å². The maximum Gasteiger partial charge on any atom is 0.409 e. The standard InChI is InChI=1S/C27H36F2N6O3.C27H37N7O4.C26H32N6O5/c1-17-14-34(9-10-35(17)16-27(4,28)29)24-12-23(25-18(2)33-38-19(25)3)31-26(32-24)20-7-6-8-22(11-20)37-15-21(36)13-30-5;1-6-29-27(36)34-12-10-33(11-13-34)26-17(2)24(23-18(3)32-38-19(23)4)30-25(31-26)20-8-7-9-22(14-20)37-16-21(35)15-28-5;1-15-24(16(2)37-30-15)22-10-23(31-12-19-9-18(31)13-32(19)26(34)35-4)29-25(28-22)17-6-5-7-21(8-17)36-14-20(33)11-27-3/h6-8,11-12,17,21,30,36H,9-10,13-16H2,1-5H3;7-9,14,21,28,35H,6,10-13,15-16H2,1-5H3,(H,29,36);5-8,10,18-20,27,33H,9,11-14H2,1-4H3/t17-,21?;;18-,19-,20?/m0.0/s1. The number of methoxy groups -OCH3 is 1. The molecule has 2 bridgehead atoms. The number of aliphatic hydroxyl groups is 3. The highest BCUT2D eigenvalue weighted by Crippen LogP contribution is 2.40.